The molecule has 0 saturated heterocycles. The third-order valence-electron chi connectivity index (χ3n) is 3.11. The summed E-state index contributed by atoms with van der Waals surface area (Å²) >= 11 is 0. The minimum Gasteiger partial charge on any atom is -0.382 e. The normalized spacial score (nSPS) is 26.7. The molecule has 0 aliphatic heterocycles. The summed E-state index contributed by atoms with van der Waals surface area (Å²) in [4.78, 5) is 11.4. The Balaban J connectivity index is 2.21. The summed E-state index contributed by atoms with van der Waals surface area (Å²) in [6.07, 6.45) is 11.4. The summed E-state index contributed by atoms with van der Waals surface area (Å²) in [5.41, 5.74) is -1.03. The van der Waals surface area contributed by atoms with E-state index in [9.17, 15) is 9.90 Å². The molecule has 1 N–H and O–H groups in total. The summed E-state index contributed by atoms with van der Waals surface area (Å²) in [5, 5.41) is 9.96. The molecule has 0 amide bonds. The number of ketones is 1. The van der Waals surface area contributed by atoms with E-state index in [0.29, 0.717) is 19.3 Å². The maximum atomic E-state index is 11.4. The molecule has 1 aliphatic rings. The largest absolute Gasteiger partial charge is 0.382 e. The SMILES string of the molecule is CCCCC/C=C\CC1(O)CCCC1=O. The highest BCUT2D eigenvalue weighted by Crippen LogP contribution is 2.29. The summed E-state index contributed by atoms with van der Waals surface area (Å²) in [7, 11) is 0. The van der Waals surface area contributed by atoms with Gasteiger partial charge in [-0.05, 0) is 25.7 Å². The summed E-state index contributed by atoms with van der Waals surface area (Å²) in [5.74, 6) is 0.0284. The molecule has 0 aromatic carbocycles. The molecule has 1 unspecified atom stereocenters. The molecule has 2 nitrogen and oxygen atoms in total. The summed E-state index contributed by atoms with van der Waals surface area (Å²) in [6, 6.07) is 0. The van der Waals surface area contributed by atoms with Crippen molar-refractivity contribution in [2.75, 3.05) is 0 Å². The predicted octanol–water partition coefficient (Wildman–Crippen LogP) is 3.00. The van der Waals surface area contributed by atoms with Gasteiger partial charge in [0.2, 0.25) is 0 Å². The van der Waals surface area contributed by atoms with Gasteiger partial charge in [0.15, 0.2) is 5.78 Å². The van der Waals surface area contributed by atoms with Crippen LogP contribution in [0.25, 0.3) is 0 Å². The van der Waals surface area contributed by atoms with Gasteiger partial charge in [0.25, 0.3) is 0 Å². The van der Waals surface area contributed by atoms with Crippen molar-refractivity contribution in [2.24, 2.45) is 0 Å². The fraction of sp³-hybridized carbons (Fsp3) is 0.769. The summed E-state index contributed by atoms with van der Waals surface area (Å²) in [6.45, 7) is 2.18. The van der Waals surface area contributed by atoms with Crippen molar-refractivity contribution in [1.82, 2.24) is 0 Å². The average Bonchev–Trinajstić information content (AvgIpc) is 2.54. The van der Waals surface area contributed by atoms with Crippen LogP contribution in [-0.4, -0.2) is 16.5 Å². The topological polar surface area (TPSA) is 37.3 Å². The van der Waals surface area contributed by atoms with Crippen molar-refractivity contribution in [1.29, 1.82) is 0 Å². The van der Waals surface area contributed by atoms with Gasteiger partial charge < -0.3 is 5.11 Å². The number of carbonyl (C=O) groups is 1. The molecule has 0 aromatic heterocycles. The number of unbranched alkanes of at least 4 members (excludes halogenated alkanes) is 3. The zero-order valence-electron chi connectivity index (χ0n) is 9.67. The van der Waals surface area contributed by atoms with Crippen LogP contribution >= 0.6 is 0 Å². The van der Waals surface area contributed by atoms with Crippen LogP contribution in [0.15, 0.2) is 12.2 Å². The first kappa shape index (κ1) is 12.4. The molecule has 1 aliphatic carbocycles. The van der Waals surface area contributed by atoms with Gasteiger partial charge in [0, 0.05) is 12.8 Å². The Hall–Kier alpha value is -0.630. The first-order valence-corrected chi connectivity index (χ1v) is 6.10. The third kappa shape index (κ3) is 3.78. The Morgan fingerprint density at radius 2 is 2.20 bits per heavy atom. The number of allylic oxidation sites excluding steroid dienone is 1. The quantitative estimate of drug-likeness (QED) is 0.540. The van der Waals surface area contributed by atoms with E-state index in [1.165, 1.54) is 19.3 Å². The van der Waals surface area contributed by atoms with E-state index < -0.39 is 5.60 Å². The fourth-order valence-electron chi connectivity index (χ4n) is 2.04. The number of hydrogen-bond donors (Lipinski definition) is 1. The van der Waals surface area contributed by atoms with Gasteiger partial charge in [-0.1, -0.05) is 31.9 Å². The lowest BCUT2D eigenvalue weighted by atomic mass is 9.96. The highest BCUT2D eigenvalue weighted by atomic mass is 16.3. The van der Waals surface area contributed by atoms with Crippen LogP contribution in [0.4, 0.5) is 0 Å². The standard InChI is InChI=1S/C13H22O2/c1-2-3-4-5-6-7-10-13(15)11-8-9-12(13)14/h6-7,15H,2-5,8-11H2,1H3/b7-6-. The van der Waals surface area contributed by atoms with Gasteiger partial charge in [0.05, 0.1) is 0 Å². The second kappa shape index (κ2) is 6.06. The summed E-state index contributed by atoms with van der Waals surface area (Å²) < 4.78 is 0. The highest BCUT2D eigenvalue weighted by Gasteiger charge is 2.38. The Morgan fingerprint density at radius 3 is 2.80 bits per heavy atom. The smallest absolute Gasteiger partial charge is 0.164 e. The van der Waals surface area contributed by atoms with Gasteiger partial charge in [-0.15, -0.1) is 0 Å². The first-order chi connectivity index (χ1) is 7.19. The number of aliphatic hydroxyl groups is 1. The zero-order chi connectivity index (χ0) is 11.1. The Morgan fingerprint density at radius 1 is 1.40 bits per heavy atom. The number of Topliss-reactive ketones (excluding diaryl/α,β-unsaturated/α-hetero) is 1. The fourth-order valence-corrected chi connectivity index (χ4v) is 2.04. The minimum absolute atomic E-state index is 0.0284. The molecule has 0 radical (unpaired) electrons. The number of hydrogen-bond acceptors (Lipinski definition) is 2. The lowest BCUT2D eigenvalue weighted by Gasteiger charge is -2.17. The van der Waals surface area contributed by atoms with Crippen molar-refractivity contribution in [3.8, 4) is 0 Å². The molecule has 1 atom stereocenters. The molecule has 86 valence electrons. The van der Waals surface area contributed by atoms with Gasteiger partial charge in [-0.3, -0.25) is 4.79 Å². The van der Waals surface area contributed by atoms with E-state index >= 15 is 0 Å². The van der Waals surface area contributed by atoms with E-state index in [2.05, 4.69) is 13.0 Å². The van der Waals surface area contributed by atoms with Crippen LogP contribution in [0.5, 0.6) is 0 Å². The molecule has 2 heteroatoms. The monoisotopic (exact) mass is 210 g/mol. The van der Waals surface area contributed by atoms with Crippen molar-refractivity contribution < 1.29 is 9.90 Å². The molecule has 0 aromatic rings. The van der Waals surface area contributed by atoms with Gasteiger partial charge in [-0.25, -0.2) is 0 Å². The average molecular weight is 210 g/mol. The predicted molar refractivity (Wildman–Crippen MR) is 61.7 cm³/mol. The molecule has 0 bridgehead atoms. The second-order valence-corrected chi connectivity index (χ2v) is 4.48. The van der Waals surface area contributed by atoms with Crippen LogP contribution < -0.4 is 0 Å². The van der Waals surface area contributed by atoms with Crippen LogP contribution in [0.3, 0.4) is 0 Å². The van der Waals surface area contributed by atoms with Crippen molar-refractivity contribution in [3.05, 3.63) is 12.2 Å². The van der Waals surface area contributed by atoms with Crippen molar-refractivity contribution in [3.63, 3.8) is 0 Å². The Bertz CT molecular complexity index is 233. The lowest BCUT2D eigenvalue weighted by Crippen LogP contribution is -2.32. The third-order valence-corrected chi connectivity index (χ3v) is 3.11. The Labute approximate surface area is 92.4 Å². The second-order valence-electron chi connectivity index (χ2n) is 4.48. The molecular formula is C13H22O2. The van der Waals surface area contributed by atoms with Gasteiger partial charge in [0.1, 0.15) is 5.60 Å². The molecule has 0 heterocycles. The molecule has 1 fully saturated rings. The maximum Gasteiger partial charge on any atom is 0.164 e. The minimum atomic E-state index is -1.03. The van der Waals surface area contributed by atoms with Gasteiger partial charge in [-0.2, -0.15) is 0 Å². The van der Waals surface area contributed by atoms with Gasteiger partial charge >= 0.3 is 0 Å². The Kier molecular flexibility index (Phi) is 5.03. The zero-order valence-corrected chi connectivity index (χ0v) is 9.67. The van der Waals surface area contributed by atoms with Crippen LogP contribution in [0.2, 0.25) is 0 Å². The van der Waals surface area contributed by atoms with E-state index in [-0.39, 0.29) is 5.78 Å². The van der Waals surface area contributed by atoms with E-state index in [1.807, 2.05) is 6.08 Å². The van der Waals surface area contributed by atoms with Crippen LogP contribution in [0.1, 0.15) is 58.3 Å². The molecular weight excluding hydrogens is 188 g/mol. The number of carbonyl (C=O) groups excluding carboxylic acids is 1. The molecule has 1 rings (SSSR count). The van der Waals surface area contributed by atoms with Crippen LogP contribution in [-0.2, 0) is 4.79 Å². The van der Waals surface area contributed by atoms with E-state index in [1.54, 1.807) is 0 Å². The molecule has 1 saturated carbocycles. The van der Waals surface area contributed by atoms with E-state index in [4.69, 9.17) is 0 Å². The highest BCUT2D eigenvalue weighted by molar-refractivity contribution is 5.89. The lowest BCUT2D eigenvalue weighted by molar-refractivity contribution is -0.133. The number of rotatable bonds is 6. The van der Waals surface area contributed by atoms with Crippen molar-refractivity contribution >= 4 is 5.78 Å². The van der Waals surface area contributed by atoms with E-state index in [0.717, 1.165) is 12.8 Å². The van der Waals surface area contributed by atoms with Crippen LogP contribution in [0, 0.1) is 0 Å². The maximum absolute atomic E-state index is 11.4. The molecule has 15 heavy (non-hydrogen) atoms. The van der Waals surface area contributed by atoms with Crippen molar-refractivity contribution in [2.45, 2.75) is 63.9 Å². The molecule has 0 spiro atoms. The first-order valence-electron chi connectivity index (χ1n) is 6.10.